The normalized spacial score (nSPS) is 12.7. The Balaban J connectivity index is 0.696. The van der Waals surface area contributed by atoms with Crippen molar-refractivity contribution < 1.29 is 65.9 Å². The monoisotopic (exact) mass is 1070 g/mol. The molecule has 5 aromatic carbocycles. The number of ether oxygens (including phenoxy) is 6. The lowest BCUT2D eigenvalue weighted by atomic mass is 9.97. The van der Waals surface area contributed by atoms with Crippen LogP contribution in [0.3, 0.4) is 0 Å². The molecule has 0 aliphatic carbocycles. The topological polar surface area (TPSA) is 142 Å². The van der Waals surface area contributed by atoms with Crippen LogP contribution < -0.4 is 32.5 Å². The maximum Gasteiger partial charge on any atom is 0.326 e. The molecule has 17 aliphatic heterocycles. The summed E-state index contributed by atoms with van der Waals surface area (Å²) >= 11 is 0. The molecule has 80 heavy (non-hydrogen) atoms. The fraction of sp³-hybridized carbons (Fsp3) is 0.200. The highest BCUT2D eigenvalue weighted by molar-refractivity contribution is 6.23. The van der Waals surface area contributed by atoms with Crippen LogP contribution in [0.5, 0.6) is 17.2 Å². The predicted molar refractivity (Wildman–Crippen MR) is 294 cm³/mol. The number of amides is 2. The maximum absolute atomic E-state index is 14.4. The molecule has 21 heterocycles. The molecular weight excluding hydrogens is 1010 g/mol. The highest BCUT2D eigenvalue weighted by Gasteiger charge is 2.42. The largest absolute Gasteiger partial charge is 0.491 e. The number of esters is 1. The Hall–Kier alpha value is -9.44. The molecular formula is C65H59N5O10+4. The van der Waals surface area contributed by atoms with Gasteiger partial charge < -0.3 is 28.4 Å². The van der Waals surface area contributed by atoms with E-state index in [2.05, 4.69) is 82.5 Å². The summed E-state index contributed by atoms with van der Waals surface area (Å²) in [6.45, 7) is 3.48. The third kappa shape index (κ3) is 12.6. The number of pyridine rings is 4. The van der Waals surface area contributed by atoms with Crippen molar-refractivity contribution in [1.82, 2.24) is 4.90 Å². The van der Waals surface area contributed by atoms with Gasteiger partial charge in [0.25, 0.3) is 11.8 Å². The molecule has 26 rings (SSSR count). The molecule has 0 radical (unpaired) electrons. The highest BCUT2D eigenvalue weighted by atomic mass is 16.6. The Morgan fingerprint density at radius 3 is 1.26 bits per heavy atom. The third-order valence-corrected chi connectivity index (χ3v) is 14.1. The first kappa shape index (κ1) is 52.6. The number of carbonyl (C=O) groups excluding carboxylic acids is 4. The number of hydrogen-bond acceptors (Lipinski definition) is 10. The molecule has 12 bridgehead atoms. The summed E-state index contributed by atoms with van der Waals surface area (Å²) in [6.07, 6.45) is 17.0. The molecule has 9 aromatic rings. The molecule has 0 N–H and O–H groups in total. The van der Waals surface area contributed by atoms with Gasteiger partial charge in [-0.15, -0.1) is 0 Å². The minimum absolute atomic E-state index is 0.0803. The van der Waals surface area contributed by atoms with Crippen molar-refractivity contribution in [3.63, 3.8) is 0 Å². The number of benzene rings is 5. The summed E-state index contributed by atoms with van der Waals surface area (Å²) in [5, 5.41) is 1.76. The van der Waals surface area contributed by atoms with Crippen molar-refractivity contribution in [2.75, 3.05) is 59.4 Å². The second kappa shape index (κ2) is 24.9. The molecule has 0 unspecified atom stereocenters. The minimum Gasteiger partial charge on any atom is -0.491 e. The molecule has 17 aliphatic rings. The van der Waals surface area contributed by atoms with Gasteiger partial charge in [-0.25, -0.2) is 18.3 Å². The van der Waals surface area contributed by atoms with E-state index in [0.717, 1.165) is 57.3 Å². The average Bonchev–Trinajstić information content (AvgIpc) is 3.77. The van der Waals surface area contributed by atoms with Crippen LogP contribution in [0.2, 0.25) is 0 Å². The van der Waals surface area contributed by atoms with Crippen molar-refractivity contribution in [1.29, 1.82) is 0 Å². The van der Waals surface area contributed by atoms with Gasteiger partial charge >= 0.3 is 5.97 Å². The fourth-order valence-electron chi connectivity index (χ4n) is 9.91. The molecule has 400 valence electrons. The van der Waals surface area contributed by atoms with E-state index in [-0.39, 0.29) is 37.6 Å². The molecule has 0 saturated carbocycles. The standard InChI is InChI=1S/C65H59N5O10/c71-46-49-11-15-56(16-12-49)77-37-33-75-34-38-78-59-5-1-4-58-57(59)3-2-6-60(58)79-39-35-76-36-40-80-61(72)45-70-64(73)62-54-13-14-55(63(62)65(70)74)44-69-31-23-53(24-32-69)51-19-27-67(28-20-51)42-48-8-7-47(9-10-48)41-66-25-17-50(18-26-66)52-21-29-68(43-54)30-22-52/h1-32,46H,33-45H2/q+4. The lowest BCUT2D eigenvalue weighted by molar-refractivity contribution is -0.689. The van der Waals surface area contributed by atoms with Gasteiger partial charge in [0, 0.05) is 87.1 Å². The Bertz CT molecular complexity index is 3500. The van der Waals surface area contributed by atoms with E-state index >= 15 is 0 Å². The predicted octanol–water partition coefficient (Wildman–Crippen LogP) is 7.35. The fourth-order valence-corrected chi connectivity index (χ4v) is 9.91. The number of rotatable bonds is 18. The number of nitrogens with zero attached hydrogens (tertiary/aromatic N) is 5. The molecule has 15 nitrogen and oxygen atoms in total. The van der Waals surface area contributed by atoms with Gasteiger partial charge in [0.2, 0.25) is 0 Å². The zero-order chi connectivity index (χ0) is 54.6. The van der Waals surface area contributed by atoms with Gasteiger partial charge in [0.15, 0.2) is 75.8 Å². The number of hydrogen-bond donors (Lipinski definition) is 0. The number of aldehydes is 1. The van der Waals surface area contributed by atoms with Gasteiger partial charge in [-0.3, -0.25) is 24.1 Å². The van der Waals surface area contributed by atoms with E-state index in [1.807, 2.05) is 107 Å². The Kier molecular flexibility index (Phi) is 16.4. The molecule has 0 saturated heterocycles. The van der Waals surface area contributed by atoms with Crippen LogP contribution in [0, 0.1) is 0 Å². The van der Waals surface area contributed by atoms with Crippen LogP contribution >= 0.6 is 0 Å². The molecule has 0 atom stereocenters. The van der Waals surface area contributed by atoms with Crippen LogP contribution in [-0.2, 0) is 45.2 Å². The van der Waals surface area contributed by atoms with Gasteiger partial charge in [0.05, 0.1) is 37.6 Å². The van der Waals surface area contributed by atoms with Crippen LogP contribution in [-0.4, -0.2) is 88.4 Å². The smallest absolute Gasteiger partial charge is 0.326 e. The van der Waals surface area contributed by atoms with E-state index in [9.17, 15) is 19.2 Å². The first-order valence-corrected chi connectivity index (χ1v) is 26.6. The second-order valence-corrected chi connectivity index (χ2v) is 19.5. The van der Waals surface area contributed by atoms with Gasteiger partial charge in [0.1, 0.15) is 56.5 Å². The Labute approximate surface area is 463 Å². The molecule has 0 fully saturated rings. The molecule has 2 amide bonds. The summed E-state index contributed by atoms with van der Waals surface area (Å²) in [5.74, 6) is 0.207. The zero-order valence-electron chi connectivity index (χ0n) is 44.1. The van der Waals surface area contributed by atoms with Crippen LogP contribution in [0.4, 0.5) is 0 Å². The number of fused-ring (bicyclic) bond motifs is 1. The van der Waals surface area contributed by atoms with E-state index in [0.29, 0.717) is 73.5 Å². The minimum atomic E-state index is -0.727. The lowest BCUT2D eigenvalue weighted by Crippen LogP contribution is -2.37. The molecule has 0 spiro atoms. The van der Waals surface area contributed by atoms with Crippen LogP contribution in [0.15, 0.2) is 195 Å². The van der Waals surface area contributed by atoms with Crippen molar-refractivity contribution >= 4 is 34.8 Å². The van der Waals surface area contributed by atoms with E-state index in [1.165, 1.54) is 11.1 Å². The van der Waals surface area contributed by atoms with Crippen LogP contribution in [0.25, 0.3) is 33.0 Å². The first-order valence-electron chi connectivity index (χ1n) is 26.6. The average molecular weight is 1070 g/mol. The summed E-state index contributed by atoms with van der Waals surface area (Å²) in [5.41, 5.74) is 9.12. The highest BCUT2D eigenvalue weighted by Crippen LogP contribution is 2.33. The summed E-state index contributed by atoms with van der Waals surface area (Å²) < 4.78 is 43.1. The number of carbonyl (C=O) groups is 4. The van der Waals surface area contributed by atoms with Gasteiger partial charge in [-0.05, 0) is 58.7 Å². The second-order valence-electron chi connectivity index (χ2n) is 19.5. The van der Waals surface area contributed by atoms with Crippen LogP contribution in [0.1, 0.15) is 53.3 Å². The van der Waals surface area contributed by atoms with Crippen molar-refractivity contribution in [3.05, 3.63) is 234 Å². The van der Waals surface area contributed by atoms with E-state index in [1.54, 1.807) is 24.3 Å². The Morgan fingerprint density at radius 1 is 0.438 bits per heavy atom. The van der Waals surface area contributed by atoms with Crippen molar-refractivity contribution in [2.45, 2.75) is 26.2 Å². The summed E-state index contributed by atoms with van der Waals surface area (Å²) in [7, 11) is 0. The third-order valence-electron chi connectivity index (χ3n) is 14.1. The zero-order valence-corrected chi connectivity index (χ0v) is 44.1. The van der Waals surface area contributed by atoms with Crippen molar-refractivity contribution in [2.24, 2.45) is 0 Å². The van der Waals surface area contributed by atoms with E-state index in [4.69, 9.17) is 28.4 Å². The van der Waals surface area contributed by atoms with Gasteiger partial charge in [-0.1, -0.05) is 60.7 Å². The molecule has 15 heteroatoms. The first-order chi connectivity index (χ1) is 39.3. The molecule has 4 aromatic heterocycles. The summed E-state index contributed by atoms with van der Waals surface area (Å²) in [4.78, 5) is 54.0. The Morgan fingerprint density at radius 2 is 0.838 bits per heavy atom. The van der Waals surface area contributed by atoms with E-state index < -0.39 is 24.3 Å². The van der Waals surface area contributed by atoms with Crippen molar-refractivity contribution in [3.8, 4) is 39.5 Å². The number of imide groups is 1. The maximum atomic E-state index is 14.4. The summed E-state index contributed by atoms with van der Waals surface area (Å²) in [6, 6.07) is 47.5. The number of aromatic nitrogens is 4. The lowest BCUT2D eigenvalue weighted by Gasteiger charge is -2.14. The SMILES string of the molecule is O=Cc1ccc(OCCOCCOc2cccc3c(OCCOCCOC(=O)CN4C(=O)c5c6ccc(c5C4=O)C[n+]4ccc(cc4)-c4cc[n+](cc4)Cc4ccc(cc4)C[n+]4ccc(cc4)-c4cc[n+](cc4)C6)cccc23)cc1. The quantitative estimate of drug-likeness (QED) is 0.0282. The van der Waals surface area contributed by atoms with Gasteiger partial charge in [-0.2, -0.15) is 0 Å².